The van der Waals surface area contributed by atoms with Crippen LogP contribution in [0.1, 0.15) is 11.1 Å². The molecule has 114 valence electrons. The molecule has 3 N–H and O–H groups in total. The van der Waals surface area contributed by atoms with Crippen LogP contribution in [0.25, 0.3) is 0 Å². The Morgan fingerprint density at radius 3 is 2.57 bits per heavy atom. The summed E-state index contributed by atoms with van der Waals surface area (Å²) in [7, 11) is 0. The molecular weight excluding hydrogens is 445 g/mol. The lowest BCUT2D eigenvalue weighted by Crippen LogP contribution is -2.23. The molecule has 0 aliphatic heterocycles. The van der Waals surface area contributed by atoms with Gasteiger partial charge in [-0.3, -0.25) is 9.67 Å². The van der Waals surface area contributed by atoms with Crippen molar-refractivity contribution < 1.29 is 0 Å². The van der Waals surface area contributed by atoms with E-state index < -0.39 is 0 Å². The van der Waals surface area contributed by atoms with Crippen molar-refractivity contribution >= 4 is 51.6 Å². The standard InChI is InChI=1S/C14H18BrN5.HI/c1-10-5-11(2)7-13(6-10)19-14(16)17-3-4-20-9-12(15)8-18-20;/h5-9H,3-4H2,1-2H3,(H3,16,17,19);1H. The molecule has 0 bridgehead atoms. The van der Waals surface area contributed by atoms with Crippen LogP contribution in [-0.4, -0.2) is 22.3 Å². The highest BCUT2D eigenvalue weighted by atomic mass is 127. The third-order valence-electron chi connectivity index (χ3n) is 2.71. The first kappa shape index (κ1) is 18.0. The number of rotatable bonds is 4. The van der Waals surface area contributed by atoms with Gasteiger partial charge in [0.25, 0.3) is 0 Å². The van der Waals surface area contributed by atoms with Crippen LogP contribution in [0.3, 0.4) is 0 Å². The summed E-state index contributed by atoms with van der Waals surface area (Å²) in [5.41, 5.74) is 9.23. The number of hydrogen-bond donors (Lipinski definition) is 2. The molecule has 5 nitrogen and oxygen atoms in total. The quantitative estimate of drug-likeness (QED) is 0.415. The highest BCUT2D eigenvalue weighted by Gasteiger charge is 1.98. The molecule has 21 heavy (non-hydrogen) atoms. The van der Waals surface area contributed by atoms with E-state index in [9.17, 15) is 0 Å². The van der Waals surface area contributed by atoms with Crippen LogP contribution in [0.15, 0.2) is 40.1 Å². The molecule has 2 aromatic rings. The first-order chi connectivity index (χ1) is 9.52. The van der Waals surface area contributed by atoms with Crippen LogP contribution in [0, 0.1) is 13.8 Å². The van der Waals surface area contributed by atoms with Crippen molar-refractivity contribution in [1.82, 2.24) is 9.78 Å². The van der Waals surface area contributed by atoms with Crippen molar-refractivity contribution in [2.75, 3.05) is 11.9 Å². The van der Waals surface area contributed by atoms with Crippen LogP contribution < -0.4 is 11.1 Å². The number of aromatic nitrogens is 2. The highest BCUT2D eigenvalue weighted by Crippen LogP contribution is 2.13. The second-order valence-electron chi connectivity index (χ2n) is 4.69. The molecule has 0 saturated heterocycles. The Labute approximate surface area is 150 Å². The summed E-state index contributed by atoms with van der Waals surface area (Å²) in [4.78, 5) is 4.29. The Kier molecular flexibility index (Phi) is 7.16. The number of nitrogens with one attached hydrogen (secondary N) is 1. The maximum Gasteiger partial charge on any atom is 0.193 e. The summed E-state index contributed by atoms with van der Waals surface area (Å²) in [6.45, 7) is 5.39. The summed E-state index contributed by atoms with van der Waals surface area (Å²) in [5, 5.41) is 7.26. The van der Waals surface area contributed by atoms with Gasteiger partial charge < -0.3 is 11.1 Å². The number of anilines is 1. The Bertz CT molecular complexity index is 603. The van der Waals surface area contributed by atoms with Crippen molar-refractivity contribution in [2.24, 2.45) is 10.7 Å². The molecule has 1 heterocycles. The first-order valence-corrected chi connectivity index (χ1v) is 7.15. The van der Waals surface area contributed by atoms with Gasteiger partial charge in [0.05, 0.1) is 23.8 Å². The van der Waals surface area contributed by atoms with E-state index in [1.165, 1.54) is 11.1 Å². The van der Waals surface area contributed by atoms with Gasteiger partial charge in [-0.2, -0.15) is 5.10 Å². The van der Waals surface area contributed by atoms with Crippen LogP contribution in [0.2, 0.25) is 0 Å². The zero-order valence-electron chi connectivity index (χ0n) is 12.0. The Hall–Kier alpha value is -1.09. The predicted molar refractivity (Wildman–Crippen MR) is 101 cm³/mol. The average Bonchev–Trinajstić information content (AvgIpc) is 2.73. The smallest absolute Gasteiger partial charge is 0.193 e. The van der Waals surface area contributed by atoms with Crippen LogP contribution in [0.4, 0.5) is 5.69 Å². The minimum absolute atomic E-state index is 0. The normalized spacial score (nSPS) is 11.1. The number of nitrogens with zero attached hydrogens (tertiary/aromatic N) is 3. The summed E-state index contributed by atoms with van der Waals surface area (Å²) in [6.07, 6.45) is 3.66. The van der Waals surface area contributed by atoms with Crippen molar-refractivity contribution in [1.29, 1.82) is 0 Å². The largest absolute Gasteiger partial charge is 0.370 e. The van der Waals surface area contributed by atoms with E-state index in [4.69, 9.17) is 5.73 Å². The summed E-state index contributed by atoms with van der Waals surface area (Å²) >= 11 is 3.35. The molecule has 0 atom stereocenters. The van der Waals surface area contributed by atoms with Gasteiger partial charge in [0.1, 0.15) is 0 Å². The fourth-order valence-electron chi connectivity index (χ4n) is 1.97. The number of guanidine groups is 1. The second kappa shape index (κ2) is 8.38. The minimum Gasteiger partial charge on any atom is -0.370 e. The molecule has 0 amide bonds. The molecule has 0 radical (unpaired) electrons. The Morgan fingerprint density at radius 2 is 2.00 bits per heavy atom. The molecule has 0 fully saturated rings. The number of aryl methyl sites for hydroxylation is 2. The molecule has 0 unspecified atom stereocenters. The molecule has 2 rings (SSSR count). The third-order valence-corrected chi connectivity index (χ3v) is 3.12. The van der Waals surface area contributed by atoms with E-state index in [2.05, 4.69) is 51.3 Å². The zero-order chi connectivity index (χ0) is 14.5. The van der Waals surface area contributed by atoms with E-state index in [1.54, 1.807) is 6.20 Å². The number of hydrogen-bond acceptors (Lipinski definition) is 2. The molecule has 1 aromatic carbocycles. The number of halogens is 2. The zero-order valence-corrected chi connectivity index (χ0v) is 15.9. The summed E-state index contributed by atoms with van der Waals surface area (Å²) in [6, 6.07) is 6.20. The monoisotopic (exact) mass is 463 g/mol. The maximum absolute atomic E-state index is 5.88. The highest BCUT2D eigenvalue weighted by molar-refractivity contribution is 14.0. The van der Waals surface area contributed by atoms with Gasteiger partial charge in [0, 0.05) is 11.9 Å². The van der Waals surface area contributed by atoms with Gasteiger partial charge in [-0.25, -0.2) is 0 Å². The van der Waals surface area contributed by atoms with Gasteiger partial charge in [0.2, 0.25) is 0 Å². The molecule has 0 aliphatic carbocycles. The van der Waals surface area contributed by atoms with Crippen molar-refractivity contribution in [2.45, 2.75) is 20.4 Å². The molecule has 1 aromatic heterocycles. The fourth-order valence-corrected chi connectivity index (χ4v) is 2.30. The van der Waals surface area contributed by atoms with E-state index in [1.807, 2.05) is 23.0 Å². The topological polar surface area (TPSA) is 68.2 Å². The van der Waals surface area contributed by atoms with Gasteiger partial charge in [-0.15, -0.1) is 24.0 Å². The van der Waals surface area contributed by atoms with Crippen LogP contribution in [0.5, 0.6) is 0 Å². The fraction of sp³-hybridized carbons (Fsp3) is 0.286. The summed E-state index contributed by atoms with van der Waals surface area (Å²) in [5.74, 6) is 0.418. The molecule has 0 spiro atoms. The summed E-state index contributed by atoms with van der Waals surface area (Å²) < 4.78 is 2.78. The van der Waals surface area contributed by atoms with Gasteiger partial charge in [0.15, 0.2) is 5.96 Å². The van der Waals surface area contributed by atoms with Crippen LogP contribution >= 0.6 is 39.9 Å². The SMILES string of the molecule is Cc1cc(C)cc(NC(N)=NCCn2cc(Br)cn2)c1.I. The number of aliphatic imine (C=N–C) groups is 1. The lowest BCUT2D eigenvalue weighted by atomic mass is 10.1. The van der Waals surface area contributed by atoms with Gasteiger partial charge in [-0.05, 0) is 53.0 Å². The lowest BCUT2D eigenvalue weighted by molar-refractivity contribution is 0.625. The Balaban J connectivity index is 0.00000220. The molecular formula is C14H19BrIN5. The van der Waals surface area contributed by atoms with E-state index in [0.717, 1.165) is 10.2 Å². The molecule has 0 saturated carbocycles. The Morgan fingerprint density at radius 1 is 1.33 bits per heavy atom. The van der Waals surface area contributed by atoms with E-state index in [-0.39, 0.29) is 24.0 Å². The average molecular weight is 464 g/mol. The van der Waals surface area contributed by atoms with Crippen molar-refractivity contribution in [3.63, 3.8) is 0 Å². The van der Waals surface area contributed by atoms with Gasteiger partial charge in [-0.1, -0.05) is 6.07 Å². The third kappa shape index (κ3) is 6.04. The first-order valence-electron chi connectivity index (χ1n) is 6.36. The van der Waals surface area contributed by atoms with Crippen LogP contribution in [-0.2, 0) is 6.54 Å². The minimum atomic E-state index is 0. The predicted octanol–water partition coefficient (Wildman–Crippen LogP) is 3.31. The van der Waals surface area contributed by atoms with Gasteiger partial charge >= 0.3 is 0 Å². The van der Waals surface area contributed by atoms with Crippen molar-refractivity contribution in [3.05, 3.63) is 46.2 Å². The van der Waals surface area contributed by atoms with E-state index >= 15 is 0 Å². The lowest BCUT2D eigenvalue weighted by Gasteiger charge is -2.08. The van der Waals surface area contributed by atoms with E-state index in [0.29, 0.717) is 19.0 Å². The number of nitrogens with two attached hydrogens (primary N) is 1. The molecule has 0 aliphatic rings. The number of benzene rings is 1. The second-order valence-corrected chi connectivity index (χ2v) is 5.61. The van der Waals surface area contributed by atoms with Crippen molar-refractivity contribution in [3.8, 4) is 0 Å². The molecule has 7 heteroatoms. The maximum atomic E-state index is 5.88.